The van der Waals surface area contributed by atoms with Gasteiger partial charge in [0.25, 0.3) is 0 Å². The second-order valence-corrected chi connectivity index (χ2v) is 5.07. The summed E-state index contributed by atoms with van der Waals surface area (Å²) in [4.78, 5) is 12.2. The molecule has 0 saturated carbocycles. The number of methoxy groups -OCH3 is 1. The smallest absolute Gasteiger partial charge is 0.230 e. The van der Waals surface area contributed by atoms with Gasteiger partial charge < -0.3 is 20.5 Å². The van der Waals surface area contributed by atoms with Crippen molar-refractivity contribution < 1.29 is 14.3 Å². The highest BCUT2D eigenvalue weighted by molar-refractivity contribution is 5.83. The van der Waals surface area contributed by atoms with Crippen LogP contribution < -0.4 is 15.8 Å². The molecule has 1 amide bonds. The lowest BCUT2D eigenvalue weighted by atomic mass is 9.85. The Kier molecular flexibility index (Phi) is 4.07. The maximum atomic E-state index is 12.2. The Balaban J connectivity index is 1.92. The molecule has 2 unspecified atom stereocenters. The maximum Gasteiger partial charge on any atom is 0.230 e. The molecule has 0 aromatic heterocycles. The van der Waals surface area contributed by atoms with Gasteiger partial charge in [0.05, 0.1) is 25.7 Å². The summed E-state index contributed by atoms with van der Waals surface area (Å²) in [5, 5.41) is 2.91. The van der Waals surface area contributed by atoms with Gasteiger partial charge in [-0.15, -0.1) is 0 Å². The molecule has 2 rings (SSSR count). The predicted molar refractivity (Wildman–Crippen MR) is 71.7 cm³/mol. The van der Waals surface area contributed by atoms with E-state index in [1.807, 2.05) is 31.2 Å². The van der Waals surface area contributed by atoms with E-state index < -0.39 is 5.41 Å². The molecule has 2 atom stereocenters. The van der Waals surface area contributed by atoms with Crippen LogP contribution in [0.25, 0.3) is 0 Å². The van der Waals surface area contributed by atoms with Crippen LogP contribution in [-0.2, 0) is 16.1 Å². The number of hydrogen-bond acceptors (Lipinski definition) is 4. The van der Waals surface area contributed by atoms with Crippen molar-refractivity contribution in [2.24, 2.45) is 11.1 Å². The molecule has 1 fully saturated rings. The fraction of sp³-hybridized carbons (Fsp3) is 0.500. The third kappa shape index (κ3) is 2.88. The van der Waals surface area contributed by atoms with E-state index in [0.717, 1.165) is 11.3 Å². The van der Waals surface area contributed by atoms with Gasteiger partial charge >= 0.3 is 0 Å². The Labute approximate surface area is 113 Å². The van der Waals surface area contributed by atoms with E-state index in [1.165, 1.54) is 0 Å². The van der Waals surface area contributed by atoms with Gasteiger partial charge in [0.15, 0.2) is 0 Å². The Morgan fingerprint density at radius 1 is 1.53 bits per heavy atom. The van der Waals surface area contributed by atoms with Crippen molar-refractivity contribution in [3.63, 3.8) is 0 Å². The lowest BCUT2D eigenvalue weighted by molar-refractivity contribution is -0.130. The zero-order valence-corrected chi connectivity index (χ0v) is 11.3. The van der Waals surface area contributed by atoms with E-state index >= 15 is 0 Å². The largest absolute Gasteiger partial charge is 0.497 e. The summed E-state index contributed by atoms with van der Waals surface area (Å²) < 4.78 is 10.4. The molecule has 1 aromatic carbocycles. The number of carbonyl (C=O) groups is 1. The normalized spacial score (nSPS) is 26.2. The van der Waals surface area contributed by atoms with E-state index in [9.17, 15) is 4.79 Å². The van der Waals surface area contributed by atoms with E-state index in [2.05, 4.69) is 5.32 Å². The van der Waals surface area contributed by atoms with Crippen molar-refractivity contribution in [2.45, 2.75) is 19.5 Å². The van der Waals surface area contributed by atoms with Gasteiger partial charge in [-0.05, 0) is 24.6 Å². The second-order valence-electron chi connectivity index (χ2n) is 5.07. The van der Waals surface area contributed by atoms with E-state index in [0.29, 0.717) is 19.8 Å². The minimum atomic E-state index is -0.632. The second kappa shape index (κ2) is 5.59. The van der Waals surface area contributed by atoms with Crippen molar-refractivity contribution in [1.82, 2.24) is 5.32 Å². The van der Waals surface area contributed by atoms with Crippen LogP contribution in [0.5, 0.6) is 5.75 Å². The molecule has 3 N–H and O–H groups in total. The van der Waals surface area contributed by atoms with Crippen molar-refractivity contribution in [1.29, 1.82) is 0 Å². The minimum Gasteiger partial charge on any atom is -0.497 e. The highest BCUT2D eigenvalue weighted by Crippen LogP contribution is 2.27. The highest BCUT2D eigenvalue weighted by Gasteiger charge is 2.44. The van der Waals surface area contributed by atoms with Crippen LogP contribution in [-0.4, -0.2) is 32.3 Å². The van der Waals surface area contributed by atoms with E-state index in [1.54, 1.807) is 7.11 Å². The van der Waals surface area contributed by atoms with Gasteiger partial charge in [-0.25, -0.2) is 0 Å². The number of carbonyl (C=O) groups excluding carboxylic acids is 1. The van der Waals surface area contributed by atoms with E-state index in [-0.39, 0.29) is 11.9 Å². The molecule has 1 aliphatic rings. The van der Waals surface area contributed by atoms with Crippen LogP contribution in [0.3, 0.4) is 0 Å². The Morgan fingerprint density at radius 2 is 2.21 bits per heavy atom. The molecule has 1 heterocycles. The summed E-state index contributed by atoms with van der Waals surface area (Å²) in [6, 6.07) is 7.34. The molecule has 0 aliphatic carbocycles. The molecule has 1 saturated heterocycles. The van der Waals surface area contributed by atoms with Crippen LogP contribution in [0.4, 0.5) is 0 Å². The third-order valence-corrected chi connectivity index (χ3v) is 3.65. The van der Waals surface area contributed by atoms with Gasteiger partial charge in [0.2, 0.25) is 5.91 Å². The first kappa shape index (κ1) is 13.8. The maximum absolute atomic E-state index is 12.2. The van der Waals surface area contributed by atoms with Gasteiger partial charge in [-0.1, -0.05) is 12.1 Å². The molecule has 5 nitrogen and oxygen atoms in total. The standard InChI is InChI=1S/C14H20N2O3/c1-14(9-19-8-12(14)15)13(17)16-7-10-3-5-11(18-2)6-4-10/h3-6,12H,7-9,15H2,1-2H3,(H,16,17). The van der Waals surface area contributed by atoms with Crippen LogP contribution in [0, 0.1) is 5.41 Å². The number of hydrogen-bond donors (Lipinski definition) is 2. The molecule has 5 heteroatoms. The number of rotatable bonds is 4. The average Bonchev–Trinajstić information content (AvgIpc) is 2.78. The van der Waals surface area contributed by atoms with Crippen molar-refractivity contribution in [2.75, 3.05) is 20.3 Å². The van der Waals surface area contributed by atoms with E-state index in [4.69, 9.17) is 15.2 Å². The Bertz CT molecular complexity index is 447. The van der Waals surface area contributed by atoms with Gasteiger partial charge in [0.1, 0.15) is 5.75 Å². The number of benzene rings is 1. The summed E-state index contributed by atoms with van der Waals surface area (Å²) in [5.74, 6) is 0.738. The topological polar surface area (TPSA) is 73.6 Å². The summed E-state index contributed by atoms with van der Waals surface area (Å²) >= 11 is 0. The van der Waals surface area contributed by atoms with Crippen LogP contribution >= 0.6 is 0 Å². The summed E-state index contributed by atoms with van der Waals surface area (Å²) in [6.45, 7) is 3.13. The van der Waals surface area contributed by atoms with Crippen LogP contribution in [0.15, 0.2) is 24.3 Å². The van der Waals surface area contributed by atoms with Gasteiger partial charge in [-0.2, -0.15) is 0 Å². The molecular weight excluding hydrogens is 244 g/mol. The molecule has 1 aromatic rings. The third-order valence-electron chi connectivity index (χ3n) is 3.65. The lowest BCUT2D eigenvalue weighted by Crippen LogP contribution is -2.49. The Morgan fingerprint density at radius 3 is 2.74 bits per heavy atom. The molecule has 0 radical (unpaired) electrons. The SMILES string of the molecule is COc1ccc(CNC(=O)C2(C)COCC2N)cc1. The quantitative estimate of drug-likeness (QED) is 0.838. The highest BCUT2D eigenvalue weighted by atomic mass is 16.5. The Hall–Kier alpha value is -1.59. The molecule has 0 spiro atoms. The molecule has 104 valence electrons. The molecular formula is C14H20N2O3. The predicted octanol–water partition coefficient (Wildman–Crippen LogP) is 0.675. The molecule has 1 aliphatic heterocycles. The van der Waals surface area contributed by atoms with Gasteiger partial charge in [0, 0.05) is 12.6 Å². The zero-order chi connectivity index (χ0) is 13.9. The minimum absolute atomic E-state index is 0.0617. The fourth-order valence-corrected chi connectivity index (χ4v) is 2.05. The van der Waals surface area contributed by atoms with Gasteiger partial charge in [-0.3, -0.25) is 4.79 Å². The van der Waals surface area contributed by atoms with Crippen molar-refractivity contribution >= 4 is 5.91 Å². The number of amides is 1. The van der Waals surface area contributed by atoms with Crippen LogP contribution in [0.1, 0.15) is 12.5 Å². The first-order valence-electron chi connectivity index (χ1n) is 6.31. The number of nitrogens with two attached hydrogens (primary N) is 1. The molecule has 0 bridgehead atoms. The van der Waals surface area contributed by atoms with Crippen molar-refractivity contribution in [3.05, 3.63) is 29.8 Å². The molecule has 19 heavy (non-hydrogen) atoms. The van der Waals surface area contributed by atoms with Crippen LogP contribution in [0.2, 0.25) is 0 Å². The summed E-state index contributed by atoms with van der Waals surface area (Å²) in [7, 11) is 1.62. The van der Waals surface area contributed by atoms with Crippen molar-refractivity contribution in [3.8, 4) is 5.75 Å². The summed E-state index contributed by atoms with van der Waals surface area (Å²) in [5.41, 5.74) is 6.30. The average molecular weight is 264 g/mol. The number of ether oxygens (including phenoxy) is 2. The first-order valence-corrected chi connectivity index (χ1v) is 6.31. The zero-order valence-electron chi connectivity index (χ0n) is 11.3. The monoisotopic (exact) mass is 264 g/mol. The summed E-state index contributed by atoms with van der Waals surface area (Å²) in [6.07, 6.45) is 0. The fourth-order valence-electron chi connectivity index (χ4n) is 2.05. The lowest BCUT2D eigenvalue weighted by Gasteiger charge is -2.25. The first-order chi connectivity index (χ1) is 9.06. The number of nitrogens with one attached hydrogen (secondary N) is 1.